The molecule has 0 aromatic rings. The summed E-state index contributed by atoms with van der Waals surface area (Å²) in [5.74, 6) is 0. The van der Waals surface area contributed by atoms with Crippen molar-refractivity contribution in [3.05, 3.63) is 36.5 Å². The topological polar surface area (TPSA) is 3.24 Å². The molecule has 0 aromatic heterocycles. The average molecular weight is 193 g/mol. The van der Waals surface area contributed by atoms with Gasteiger partial charge < -0.3 is 0 Å². The molecule has 14 heavy (non-hydrogen) atoms. The van der Waals surface area contributed by atoms with Crippen LogP contribution in [0.5, 0.6) is 0 Å². The summed E-state index contributed by atoms with van der Waals surface area (Å²) in [6.07, 6.45) is 8.40. The average Bonchev–Trinajstić information content (AvgIpc) is 2.16. The van der Waals surface area contributed by atoms with Gasteiger partial charge in [0.05, 0.1) is 0 Å². The first kappa shape index (κ1) is 13.2. The molecule has 0 N–H and O–H groups in total. The summed E-state index contributed by atoms with van der Waals surface area (Å²) in [5.41, 5.74) is 1.25. The molecule has 1 heteroatoms. The van der Waals surface area contributed by atoms with Crippen molar-refractivity contribution in [2.75, 3.05) is 13.1 Å². The molecule has 0 aliphatic carbocycles. The van der Waals surface area contributed by atoms with E-state index in [2.05, 4.69) is 57.4 Å². The van der Waals surface area contributed by atoms with Gasteiger partial charge in [0.2, 0.25) is 0 Å². The SMILES string of the molecule is C=C/C(C)=C/CN(C/C=C\C)C(C)C. The standard InChI is InChI=1S/C13H23N/c1-6-8-10-14(12(3)4)11-9-13(5)7-2/h6-9,12H,2,10-11H2,1,3-5H3/b8-6-,13-9+. The fourth-order valence-corrected chi connectivity index (χ4v) is 1.08. The van der Waals surface area contributed by atoms with E-state index in [1.165, 1.54) is 5.57 Å². The summed E-state index contributed by atoms with van der Waals surface area (Å²) in [4.78, 5) is 2.41. The first-order chi connectivity index (χ1) is 6.61. The maximum atomic E-state index is 3.74. The predicted octanol–water partition coefficient (Wildman–Crippen LogP) is 3.41. The second kappa shape index (κ2) is 7.57. The van der Waals surface area contributed by atoms with E-state index in [1.54, 1.807) is 0 Å². The molecule has 0 rings (SSSR count). The molecule has 1 nitrogen and oxygen atoms in total. The van der Waals surface area contributed by atoms with E-state index >= 15 is 0 Å². The molecule has 0 aliphatic rings. The summed E-state index contributed by atoms with van der Waals surface area (Å²) in [6.45, 7) is 14.4. The molecule has 0 radical (unpaired) electrons. The first-order valence-electron chi connectivity index (χ1n) is 5.26. The van der Waals surface area contributed by atoms with Crippen molar-refractivity contribution in [1.82, 2.24) is 4.90 Å². The van der Waals surface area contributed by atoms with Crippen LogP contribution >= 0.6 is 0 Å². The van der Waals surface area contributed by atoms with Gasteiger partial charge in [0, 0.05) is 19.1 Å². The summed E-state index contributed by atoms with van der Waals surface area (Å²) in [7, 11) is 0. The quantitative estimate of drug-likeness (QED) is 0.461. The Morgan fingerprint density at radius 1 is 1.36 bits per heavy atom. The molecule has 0 unspecified atom stereocenters. The smallest absolute Gasteiger partial charge is 0.0174 e. The van der Waals surface area contributed by atoms with Crippen molar-refractivity contribution in [1.29, 1.82) is 0 Å². The normalized spacial score (nSPS) is 13.1. The largest absolute Gasteiger partial charge is 0.294 e. The van der Waals surface area contributed by atoms with Crippen molar-refractivity contribution in [3.8, 4) is 0 Å². The maximum Gasteiger partial charge on any atom is 0.0174 e. The lowest BCUT2D eigenvalue weighted by Gasteiger charge is -2.23. The minimum atomic E-state index is 0.583. The number of nitrogens with zero attached hydrogens (tertiary/aromatic N) is 1. The van der Waals surface area contributed by atoms with Crippen LogP contribution < -0.4 is 0 Å². The van der Waals surface area contributed by atoms with Crippen LogP contribution in [0.1, 0.15) is 27.7 Å². The Hall–Kier alpha value is -0.820. The van der Waals surface area contributed by atoms with E-state index in [1.807, 2.05) is 6.08 Å². The number of hydrogen-bond acceptors (Lipinski definition) is 1. The monoisotopic (exact) mass is 193 g/mol. The first-order valence-corrected chi connectivity index (χ1v) is 5.26. The Bertz CT molecular complexity index is 211. The van der Waals surface area contributed by atoms with Crippen LogP contribution in [0.3, 0.4) is 0 Å². The van der Waals surface area contributed by atoms with Gasteiger partial charge >= 0.3 is 0 Å². The summed E-state index contributed by atoms with van der Waals surface area (Å²) >= 11 is 0. The van der Waals surface area contributed by atoms with E-state index < -0.39 is 0 Å². The molecule has 0 spiro atoms. The minimum absolute atomic E-state index is 0.583. The van der Waals surface area contributed by atoms with Gasteiger partial charge in [0.1, 0.15) is 0 Å². The molecular formula is C13H23N. The van der Waals surface area contributed by atoms with Gasteiger partial charge in [0.15, 0.2) is 0 Å². The third kappa shape index (κ3) is 5.76. The van der Waals surface area contributed by atoms with Crippen molar-refractivity contribution in [2.24, 2.45) is 0 Å². The predicted molar refractivity (Wildman–Crippen MR) is 65.5 cm³/mol. The van der Waals surface area contributed by atoms with Gasteiger partial charge in [-0.1, -0.05) is 36.5 Å². The van der Waals surface area contributed by atoms with Crippen molar-refractivity contribution < 1.29 is 0 Å². The highest BCUT2D eigenvalue weighted by Crippen LogP contribution is 2.01. The summed E-state index contributed by atoms with van der Waals surface area (Å²) in [6, 6.07) is 0.583. The zero-order chi connectivity index (χ0) is 11.0. The molecule has 0 aromatic carbocycles. The zero-order valence-corrected chi connectivity index (χ0v) is 9.96. The van der Waals surface area contributed by atoms with Crippen molar-refractivity contribution in [3.63, 3.8) is 0 Å². The Morgan fingerprint density at radius 3 is 2.43 bits per heavy atom. The van der Waals surface area contributed by atoms with Crippen LogP contribution in [-0.4, -0.2) is 24.0 Å². The maximum absolute atomic E-state index is 3.74. The van der Waals surface area contributed by atoms with Gasteiger partial charge in [-0.05, 0) is 27.7 Å². The molecular weight excluding hydrogens is 170 g/mol. The second-order valence-electron chi connectivity index (χ2n) is 3.77. The molecule has 0 atom stereocenters. The van der Waals surface area contributed by atoms with E-state index in [4.69, 9.17) is 0 Å². The third-order valence-corrected chi connectivity index (χ3v) is 2.28. The lowest BCUT2D eigenvalue weighted by Crippen LogP contribution is -2.31. The van der Waals surface area contributed by atoms with Gasteiger partial charge in [0.25, 0.3) is 0 Å². The summed E-state index contributed by atoms with van der Waals surface area (Å²) in [5, 5.41) is 0. The lowest BCUT2D eigenvalue weighted by atomic mass is 10.2. The molecule has 0 bridgehead atoms. The number of rotatable bonds is 6. The van der Waals surface area contributed by atoms with Gasteiger partial charge in [-0.2, -0.15) is 0 Å². The third-order valence-electron chi connectivity index (χ3n) is 2.28. The molecule has 0 fully saturated rings. The Morgan fingerprint density at radius 2 is 2.00 bits per heavy atom. The molecule has 0 aliphatic heterocycles. The second-order valence-corrected chi connectivity index (χ2v) is 3.77. The summed E-state index contributed by atoms with van der Waals surface area (Å²) < 4.78 is 0. The Kier molecular flexibility index (Phi) is 7.13. The van der Waals surface area contributed by atoms with E-state index in [0.717, 1.165) is 13.1 Å². The van der Waals surface area contributed by atoms with Crippen LogP contribution in [0.15, 0.2) is 36.5 Å². The van der Waals surface area contributed by atoms with Crippen LogP contribution in [0.4, 0.5) is 0 Å². The van der Waals surface area contributed by atoms with Crippen LogP contribution in [0, 0.1) is 0 Å². The highest BCUT2D eigenvalue weighted by molar-refractivity contribution is 5.13. The van der Waals surface area contributed by atoms with E-state index in [-0.39, 0.29) is 0 Å². The fraction of sp³-hybridized carbons (Fsp3) is 0.538. The lowest BCUT2D eigenvalue weighted by molar-refractivity contribution is 0.272. The highest BCUT2D eigenvalue weighted by atomic mass is 15.1. The molecule has 0 heterocycles. The van der Waals surface area contributed by atoms with Crippen LogP contribution in [0.25, 0.3) is 0 Å². The van der Waals surface area contributed by atoms with Crippen LogP contribution in [0.2, 0.25) is 0 Å². The van der Waals surface area contributed by atoms with Gasteiger partial charge in [-0.25, -0.2) is 0 Å². The molecule has 0 saturated heterocycles. The molecule has 80 valence electrons. The minimum Gasteiger partial charge on any atom is -0.294 e. The van der Waals surface area contributed by atoms with E-state index in [0.29, 0.717) is 6.04 Å². The van der Waals surface area contributed by atoms with Crippen molar-refractivity contribution in [2.45, 2.75) is 33.7 Å². The highest BCUT2D eigenvalue weighted by Gasteiger charge is 2.04. The van der Waals surface area contributed by atoms with Gasteiger partial charge in [-0.15, -0.1) is 0 Å². The Labute approximate surface area is 88.8 Å². The zero-order valence-electron chi connectivity index (χ0n) is 9.96. The van der Waals surface area contributed by atoms with Crippen LogP contribution in [-0.2, 0) is 0 Å². The van der Waals surface area contributed by atoms with Gasteiger partial charge in [-0.3, -0.25) is 4.90 Å². The molecule has 0 amide bonds. The molecule has 0 saturated carbocycles. The fourth-order valence-electron chi connectivity index (χ4n) is 1.08. The number of hydrogen-bond donors (Lipinski definition) is 0. The van der Waals surface area contributed by atoms with Crippen molar-refractivity contribution >= 4 is 0 Å². The Balaban J connectivity index is 4.16. The number of allylic oxidation sites excluding steroid dienone is 3. The van der Waals surface area contributed by atoms with E-state index in [9.17, 15) is 0 Å².